The lowest BCUT2D eigenvalue weighted by Crippen LogP contribution is -2.47. The summed E-state index contributed by atoms with van der Waals surface area (Å²) in [7, 11) is 3.70. The molecule has 2 heterocycles. The minimum absolute atomic E-state index is 0. The van der Waals surface area contributed by atoms with Crippen molar-refractivity contribution in [2.75, 3.05) is 33.4 Å². The monoisotopic (exact) mass is 519 g/mol. The van der Waals surface area contributed by atoms with Crippen LogP contribution in [0.3, 0.4) is 0 Å². The van der Waals surface area contributed by atoms with Gasteiger partial charge in [-0.05, 0) is 19.1 Å². The van der Waals surface area contributed by atoms with Gasteiger partial charge in [0.25, 0.3) is 0 Å². The third-order valence-corrected chi connectivity index (χ3v) is 4.68. The third-order valence-electron chi connectivity index (χ3n) is 4.44. The Morgan fingerprint density at radius 1 is 1.46 bits per heavy atom. The van der Waals surface area contributed by atoms with Gasteiger partial charge in [0.2, 0.25) is 0 Å². The molecule has 1 aliphatic rings. The van der Waals surface area contributed by atoms with Gasteiger partial charge < -0.3 is 19.7 Å². The number of benzene rings is 1. The molecule has 1 aromatic heterocycles. The summed E-state index contributed by atoms with van der Waals surface area (Å²) >= 11 is 6.09. The molecule has 2 aromatic rings. The summed E-state index contributed by atoms with van der Waals surface area (Å²) in [4.78, 5) is 6.65. The average molecular weight is 520 g/mol. The van der Waals surface area contributed by atoms with Crippen molar-refractivity contribution < 1.29 is 9.47 Å². The van der Waals surface area contributed by atoms with Gasteiger partial charge in [0.1, 0.15) is 11.9 Å². The van der Waals surface area contributed by atoms with Crippen LogP contribution in [0.5, 0.6) is 5.75 Å². The van der Waals surface area contributed by atoms with Gasteiger partial charge in [0.15, 0.2) is 5.96 Å². The molecule has 1 fully saturated rings. The van der Waals surface area contributed by atoms with E-state index >= 15 is 0 Å². The summed E-state index contributed by atoms with van der Waals surface area (Å²) in [5, 5.41) is 8.33. The quantitative estimate of drug-likeness (QED) is 0.373. The van der Waals surface area contributed by atoms with Crippen LogP contribution in [0.25, 0.3) is 0 Å². The molecular formula is C19H27ClIN5O2. The number of hydrogen-bond donors (Lipinski definition) is 1. The predicted octanol–water partition coefficient (Wildman–Crippen LogP) is 3.24. The molecule has 9 heteroatoms. The maximum Gasteiger partial charge on any atom is 0.194 e. The first-order chi connectivity index (χ1) is 13.1. The largest absolute Gasteiger partial charge is 0.493 e. The standard InChI is InChI=1S/C19H26ClN5O2.HI/c1-4-26-17-9-16(20)6-5-14(17)10-22-19(21-2)25-7-8-27-18(13-25)15-11-23-24(3)12-15;/h5-6,9,11-12,18H,4,7-8,10,13H2,1-3H3,(H,21,22);1H. The molecule has 0 radical (unpaired) electrons. The Bertz CT molecular complexity index is 798. The van der Waals surface area contributed by atoms with Crippen molar-refractivity contribution >= 4 is 41.5 Å². The second-order valence-corrected chi connectivity index (χ2v) is 6.78. The van der Waals surface area contributed by atoms with Gasteiger partial charge in [0.05, 0.1) is 26.0 Å². The summed E-state index contributed by atoms with van der Waals surface area (Å²) in [5.74, 6) is 1.63. The number of aryl methyl sites for hydroxylation is 1. The van der Waals surface area contributed by atoms with Gasteiger partial charge in [-0.15, -0.1) is 24.0 Å². The Morgan fingerprint density at radius 2 is 2.29 bits per heavy atom. The average Bonchev–Trinajstić information content (AvgIpc) is 3.11. The number of rotatable bonds is 5. The Labute approximate surface area is 188 Å². The number of morpholine rings is 1. The van der Waals surface area contributed by atoms with Crippen LogP contribution in [0.1, 0.15) is 24.2 Å². The lowest BCUT2D eigenvalue weighted by molar-refractivity contribution is -0.00805. The lowest BCUT2D eigenvalue weighted by atomic mass is 10.1. The van der Waals surface area contributed by atoms with Crippen LogP contribution in [-0.4, -0.2) is 54.0 Å². The molecular weight excluding hydrogens is 493 g/mol. The zero-order valence-electron chi connectivity index (χ0n) is 16.4. The van der Waals surface area contributed by atoms with Crippen LogP contribution in [0, 0.1) is 0 Å². The van der Waals surface area contributed by atoms with Gasteiger partial charge in [0, 0.05) is 49.5 Å². The zero-order chi connectivity index (χ0) is 19.2. The van der Waals surface area contributed by atoms with Crippen molar-refractivity contribution in [1.82, 2.24) is 20.0 Å². The van der Waals surface area contributed by atoms with Gasteiger partial charge >= 0.3 is 0 Å². The van der Waals surface area contributed by atoms with Crippen molar-refractivity contribution in [3.05, 3.63) is 46.7 Å². The molecule has 1 saturated heterocycles. The van der Waals surface area contributed by atoms with Gasteiger partial charge in [-0.25, -0.2) is 0 Å². The molecule has 1 unspecified atom stereocenters. The molecule has 0 bridgehead atoms. The van der Waals surface area contributed by atoms with E-state index in [1.165, 1.54) is 0 Å². The van der Waals surface area contributed by atoms with E-state index < -0.39 is 0 Å². The van der Waals surface area contributed by atoms with E-state index in [-0.39, 0.29) is 30.1 Å². The lowest BCUT2D eigenvalue weighted by Gasteiger charge is -2.34. The number of guanidine groups is 1. The first-order valence-corrected chi connectivity index (χ1v) is 9.45. The molecule has 1 aliphatic heterocycles. The molecule has 0 aliphatic carbocycles. The molecule has 7 nitrogen and oxygen atoms in total. The SMILES string of the molecule is CCOc1cc(Cl)ccc1CNC(=NC)N1CCOC(c2cnn(C)c2)C1.I. The van der Waals surface area contributed by atoms with Crippen molar-refractivity contribution in [1.29, 1.82) is 0 Å². The highest BCUT2D eigenvalue weighted by molar-refractivity contribution is 14.0. The molecule has 0 saturated carbocycles. The fraction of sp³-hybridized carbons (Fsp3) is 0.474. The Kier molecular flexibility index (Phi) is 8.84. The van der Waals surface area contributed by atoms with Crippen LogP contribution >= 0.6 is 35.6 Å². The molecule has 0 spiro atoms. The number of aliphatic imine (C=N–C) groups is 1. The maximum absolute atomic E-state index is 6.09. The normalized spacial score (nSPS) is 17.2. The van der Waals surface area contributed by atoms with Crippen LogP contribution < -0.4 is 10.1 Å². The Hall–Kier alpha value is -1.52. The number of nitrogens with one attached hydrogen (secondary N) is 1. The smallest absolute Gasteiger partial charge is 0.194 e. The van der Waals surface area contributed by atoms with Gasteiger partial charge in [-0.3, -0.25) is 9.67 Å². The maximum atomic E-state index is 6.09. The highest BCUT2D eigenvalue weighted by atomic mass is 127. The Morgan fingerprint density at radius 3 is 2.96 bits per heavy atom. The Balaban J connectivity index is 0.00000280. The highest BCUT2D eigenvalue weighted by Gasteiger charge is 2.25. The fourth-order valence-electron chi connectivity index (χ4n) is 3.12. The number of aromatic nitrogens is 2. The summed E-state index contributed by atoms with van der Waals surface area (Å²) in [6.45, 7) is 5.32. The van der Waals surface area contributed by atoms with Gasteiger partial charge in [-0.1, -0.05) is 17.7 Å². The topological polar surface area (TPSA) is 63.9 Å². The van der Waals surface area contributed by atoms with Crippen molar-refractivity contribution in [2.45, 2.75) is 19.6 Å². The summed E-state index contributed by atoms with van der Waals surface area (Å²) in [6.07, 6.45) is 3.83. The summed E-state index contributed by atoms with van der Waals surface area (Å²) in [5.41, 5.74) is 2.12. The van der Waals surface area contributed by atoms with Crippen molar-refractivity contribution in [2.24, 2.45) is 12.0 Å². The number of ether oxygens (including phenoxy) is 2. The second-order valence-electron chi connectivity index (χ2n) is 6.34. The van der Waals surface area contributed by atoms with Crippen LogP contribution in [0.4, 0.5) is 0 Å². The molecule has 0 amide bonds. The predicted molar refractivity (Wildman–Crippen MR) is 122 cm³/mol. The second kappa shape index (κ2) is 10.9. The van der Waals surface area contributed by atoms with Crippen LogP contribution in [-0.2, 0) is 18.3 Å². The molecule has 1 atom stereocenters. The van der Waals surface area contributed by atoms with E-state index in [2.05, 4.69) is 20.3 Å². The number of nitrogens with zero attached hydrogens (tertiary/aromatic N) is 4. The van der Waals surface area contributed by atoms with Crippen molar-refractivity contribution in [3.63, 3.8) is 0 Å². The highest BCUT2D eigenvalue weighted by Crippen LogP contribution is 2.24. The van der Waals surface area contributed by atoms with Gasteiger partial charge in [-0.2, -0.15) is 5.10 Å². The number of hydrogen-bond acceptors (Lipinski definition) is 4. The molecule has 154 valence electrons. The van der Waals surface area contributed by atoms with E-state index in [1.807, 2.05) is 44.6 Å². The molecule has 28 heavy (non-hydrogen) atoms. The van der Waals surface area contributed by atoms with E-state index in [9.17, 15) is 0 Å². The minimum Gasteiger partial charge on any atom is -0.493 e. The van der Waals surface area contributed by atoms with E-state index in [1.54, 1.807) is 11.7 Å². The molecule has 1 N–H and O–H groups in total. The number of halogens is 2. The third kappa shape index (κ3) is 5.74. The molecule has 1 aromatic carbocycles. The van der Waals surface area contributed by atoms with E-state index in [4.69, 9.17) is 21.1 Å². The van der Waals surface area contributed by atoms with E-state index in [0.717, 1.165) is 35.9 Å². The zero-order valence-corrected chi connectivity index (χ0v) is 19.5. The first kappa shape index (κ1) is 22.8. The fourth-order valence-corrected chi connectivity index (χ4v) is 3.28. The summed E-state index contributed by atoms with van der Waals surface area (Å²) in [6, 6.07) is 5.69. The first-order valence-electron chi connectivity index (χ1n) is 9.07. The van der Waals surface area contributed by atoms with Crippen LogP contribution in [0.15, 0.2) is 35.6 Å². The molecule has 3 rings (SSSR count). The van der Waals surface area contributed by atoms with E-state index in [0.29, 0.717) is 24.8 Å². The minimum atomic E-state index is -0.0134. The summed E-state index contributed by atoms with van der Waals surface area (Å²) < 4.78 is 13.4. The van der Waals surface area contributed by atoms with Crippen LogP contribution in [0.2, 0.25) is 5.02 Å². The van der Waals surface area contributed by atoms with Crippen molar-refractivity contribution in [3.8, 4) is 5.75 Å².